The fourth-order valence-corrected chi connectivity index (χ4v) is 5.11. The summed E-state index contributed by atoms with van der Waals surface area (Å²) in [5.74, 6) is 1.45. The highest BCUT2D eigenvalue weighted by atomic mass is 16.5. The van der Waals surface area contributed by atoms with Gasteiger partial charge in [0.2, 0.25) is 0 Å². The summed E-state index contributed by atoms with van der Waals surface area (Å²) in [4.78, 5) is 22.2. The fourth-order valence-electron chi connectivity index (χ4n) is 5.11. The number of para-hydroxylation sites is 1. The number of hydrogen-bond acceptors (Lipinski definition) is 6. The third kappa shape index (κ3) is 3.54. The number of benzene rings is 2. The van der Waals surface area contributed by atoms with Crippen molar-refractivity contribution in [3.05, 3.63) is 76.1 Å². The fraction of sp³-hybridized carbons (Fsp3) is 0.346. The zero-order valence-electron chi connectivity index (χ0n) is 19.6. The van der Waals surface area contributed by atoms with E-state index >= 15 is 0 Å². The second-order valence-electron chi connectivity index (χ2n) is 9.09. The zero-order valence-corrected chi connectivity index (χ0v) is 19.6. The third-order valence-corrected chi connectivity index (χ3v) is 6.91. The van der Waals surface area contributed by atoms with Crippen LogP contribution in [0.1, 0.15) is 17.1 Å². The van der Waals surface area contributed by atoms with Crippen molar-refractivity contribution in [2.75, 3.05) is 37.6 Å². The van der Waals surface area contributed by atoms with Gasteiger partial charge < -0.3 is 9.64 Å². The second-order valence-corrected chi connectivity index (χ2v) is 9.09. The molecular weight excluding hydrogens is 428 g/mol. The number of nitrogens with zero attached hydrogens (tertiary/aromatic N) is 6. The average Bonchev–Trinajstić information content (AvgIpc) is 3.16. The van der Waals surface area contributed by atoms with Crippen LogP contribution in [0.4, 0.5) is 5.69 Å². The predicted octanol–water partition coefficient (Wildman–Crippen LogP) is 2.68. The van der Waals surface area contributed by atoms with Gasteiger partial charge in [-0.3, -0.25) is 9.88 Å². The molecule has 0 saturated carbocycles. The highest BCUT2D eigenvalue weighted by molar-refractivity contribution is 5.92. The van der Waals surface area contributed by atoms with E-state index in [1.165, 1.54) is 15.8 Å². The van der Waals surface area contributed by atoms with E-state index in [0.717, 1.165) is 67.4 Å². The van der Waals surface area contributed by atoms with Crippen molar-refractivity contribution in [3.8, 4) is 11.4 Å². The maximum atomic E-state index is 12.5. The van der Waals surface area contributed by atoms with Gasteiger partial charge in [-0.05, 0) is 49.2 Å². The molecule has 0 bridgehead atoms. The molecule has 2 aliphatic rings. The number of anilines is 1. The smallest absolute Gasteiger partial charge is 0.350 e. The van der Waals surface area contributed by atoms with E-state index in [1.54, 1.807) is 11.6 Å². The monoisotopic (exact) mass is 456 g/mol. The lowest BCUT2D eigenvalue weighted by atomic mass is 10.1. The Kier molecular flexibility index (Phi) is 5.10. The number of fused-ring (bicyclic) bond motifs is 4. The van der Waals surface area contributed by atoms with Gasteiger partial charge in [0.15, 0.2) is 5.82 Å². The summed E-state index contributed by atoms with van der Waals surface area (Å²) >= 11 is 0. The minimum absolute atomic E-state index is 0.133. The first kappa shape index (κ1) is 20.9. The van der Waals surface area contributed by atoms with Gasteiger partial charge in [0.25, 0.3) is 0 Å². The van der Waals surface area contributed by atoms with Crippen LogP contribution >= 0.6 is 0 Å². The lowest BCUT2D eigenvalue weighted by Gasteiger charge is -2.36. The first-order valence-electron chi connectivity index (χ1n) is 11.8. The van der Waals surface area contributed by atoms with Crippen LogP contribution in [0.5, 0.6) is 5.75 Å². The Bertz CT molecular complexity index is 1430. The first-order valence-corrected chi connectivity index (χ1v) is 11.8. The van der Waals surface area contributed by atoms with Gasteiger partial charge >= 0.3 is 5.69 Å². The van der Waals surface area contributed by atoms with E-state index in [0.29, 0.717) is 12.4 Å². The molecule has 174 valence electrons. The van der Waals surface area contributed by atoms with E-state index in [4.69, 9.17) is 4.74 Å². The topological polar surface area (TPSA) is 68.4 Å². The number of aryl methyl sites for hydroxylation is 2. The molecule has 34 heavy (non-hydrogen) atoms. The van der Waals surface area contributed by atoms with Gasteiger partial charge in [-0.15, -0.1) is 0 Å². The third-order valence-electron chi connectivity index (χ3n) is 6.91. The SMILES string of the molecule is Cc1ccc2c(N3CCN(CCc4cccc5c4OCc4nn(C)c(=O)n4-5)CC3)cccc2n1. The Balaban J connectivity index is 1.14. The summed E-state index contributed by atoms with van der Waals surface area (Å²) in [5.41, 5.74) is 5.17. The van der Waals surface area contributed by atoms with Gasteiger partial charge in [-0.1, -0.05) is 18.2 Å². The molecule has 0 unspecified atom stereocenters. The molecule has 0 spiro atoms. The molecule has 8 heteroatoms. The summed E-state index contributed by atoms with van der Waals surface area (Å²) in [6.07, 6.45) is 0.880. The maximum absolute atomic E-state index is 12.5. The molecule has 2 aromatic heterocycles. The molecule has 6 rings (SSSR count). The maximum Gasteiger partial charge on any atom is 0.350 e. The van der Waals surface area contributed by atoms with Crippen LogP contribution in [-0.2, 0) is 20.1 Å². The van der Waals surface area contributed by atoms with Crippen LogP contribution in [0.2, 0.25) is 0 Å². The van der Waals surface area contributed by atoms with E-state index in [9.17, 15) is 4.79 Å². The second kappa shape index (κ2) is 8.29. The molecule has 0 N–H and O–H groups in total. The average molecular weight is 457 g/mol. The quantitative estimate of drug-likeness (QED) is 0.470. The molecule has 1 fully saturated rings. The van der Waals surface area contributed by atoms with Gasteiger partial charge in [0.05, 0.1) is 11.2 Å². The highest BCUT2D eigenvalue weighted by Gasteiger charge is 2.25. The van der Waals surface area contributed by atoms with Gasteiger partial charge in [0, 0.05) is 56.5 Å². The van der Waals surface area contributed by atoms with Gasteiger partial charge in [-0.25, -0.2) is 14.0 Å². The predicted molar refractivity (Wildman–Crippen MR) is 132 cm³/mol. The van der Waals surface area contributed by atoms with Crippen LogP contribution in [0, 0.1) is 6.92 Å². The molecule has 0 atom stereocenters. The minimum Gasteiger partial charge on any atom is -0.483 e. The molecule has 4 aromatic rings. The molecule has 0 aliphatic carbocycles. The van der Waals surface area contributed by atoms with Crippen molar-refractivity contribution >= 4 is 16.6 Å². The summed E-state index contributed by atoms with van der Waals surface area (Å²) in [6, 6.07) is 16.7. The number of rotatable bonds is 4. The van der Waals surface area contributed by atoms with Gasteiger partial charge in [-0.2, -0.15) is 5.10 Å². The van der Waals surface area contributed by atoms with Crippen LogP contribution in [0.25, 0.3) is 16.6 Å². The molecule has 2 aliphatic heterocycles. The molecule has 1 saturated heterocycles. The molecule has 8 nitrogen and oxygen atoms in total. The lowest BCUT2D eigenvalue weighted by molar-refractivity contribution is 0.254. The Labute approximate surface area is 198 Å². The summed E-state index contributed by atoms with van der Waals surface area (Å²) < 4.78 is 9.08. The van der Waals surface area contributed by atoms with Crippen molar-refractivity contribution < 1.29 is 4.74 Å². The Morgan fingerprint density at radius 2 is 1.76 bits per heavy atom. The van der Waals surface area contributed by atoms with Gasteiger partial charge in [0.1, 0.15) is 12.4 Å². The number of hydrogen-bond donors (Lipinski definition) is 0. The molecule has 4 heterocycles. The standard InChI is InChI=1S/C26H28N6O2/c1-18-9-10-20-21(27-18)6-4-7-22(20)31-15-13-30(14-16-31)12-11-19-5-3-8-23-25(19)34-17-24-28-29(2)26(33)32(23)24/h3-10H,11-17H2,1-2H3. The van der Waals surface area contributed by atoms with Crippen molar-refractivity contribution in [1.29, 1.82) is 0 Å². The van der Waals surface area contributed by atoms with Crippen LogP contribution < -0.4 is 15.3 Å². The van der Waals surface area contributed by atoms with Crippen LogP contribution in [0.3, 0.4) is 0 Å². The van der Waals surface area contributed by atoms with Crippen LogP contribution in [0.15, 0.2) is 53.3 Å². The van der Waals surface area contributed by atoms with Crippen molar-refractivity contribution in [2.24, 2.45) is 7.05 Å². The van der Waals surface area contributed by atoms with Crippen molar-refractivity contribution in [1.82, 2.24) is 24.2 Å². The molecule has 2 aromatic carbocycles. The summed E-state index contributed by atoms with van der Waals surface area (Å²) in [6.45, 7) is 7.32. The van der Waals surface area contributed by atoms with Crippen molar-refractivity contribution in [3.63, 3.8) is 0 Å². The number of pyridine rings is 1. The Morgan fingerprint density at radius 3 is 2.62 bits per heavy atom. The van der Waals surface area contributed by atoms with E-state index in [-0.39, 0.29) is 5.69 Å². The van der Waals surface area contributed by atoms with Crippen LogP contribution in [-0.4, -0.2) is 57.0 Å². The van der Waals surface area contributed by atoms with E-state index in [2.05, 4.69) is 56.3 Å². The van der Waals surface area contributed by atoms with E-state index < -0.39 is 0 Å². The van der Waals surface area contributed by atoms with Crippen molar-refractivity contribution in [2.45, 2.75) is 20.0 Å². The minimum atomic E-state index is -0.133. The Morgan fingerprint density at radius 1 is 0.971 bits per heavy atom. The van der Waals surface area contributed by atoms with E-state index in [1.807, 2.05) is 19.1 Å². The highest BCUT2D eigenvalue weighted by Crippen LogP contribution is 2.32. The summed E-state index contributed by atoms with van der Waals surface area (Å²) in [7, 11) is 1.67. The first-order chi connectivity index (χ1) is 16.6. The zero-order chi connectivity index (χ0) is 23.2. The number of piperazine rings is 1. The normalized spacial score (nSPS) is 15.8. The lowest BCUT2D eigenvalue weighted by Crippen LogP contribution is -2.47. The largest absolute Gasteiger partial charge is 0.483 e. The Hall–Kier alpha value is -3.65. The summed E-state index contributed by atoms with van der Waals surface area (Å²) in [5, 5.41) is 5.50. The molecule has 0 radical (unpaired) electrons. The number of aromatic nitrogens is 4. The number of ether oxygens (including phenoxy) is 1. The molecular formula is C26H28N6O2. The molecule has 0 amide bonds.